The average molecular weight is 679 g/mol. The van der Waals surface area contributed by atoms with Gasteiger partial charge in [0, 0.05) is 24.1 Å². The Morgan fingerprint density at radius 1 is 0.898 bits per heavy atom. The van der Waals surface area contributed by atoms with Crippen molar-refractivity contribution in [1.82, 2.24) is 29.7 Å². The number of halogens is 3. The Hall–Kier alpha value is -4.81. The third kappa shape index (κ3) is 7.02. The van der Waals surface area contributed by atoms with Gasteiger partial charge in [-0.05, 0) is 73.9 Å². The summed E-state index contributed by atoms with van der Waals surface area (Å²) in [6.45, 7) is 11.3. The zero-order valence-corrected chi connectivity index (χ0v) is 28.4. The van der Waals surface area contributed by atoms with Crippen LogP contribution in [-0.4, -0.2) is 71.6 Å². The number of aromatic amines is 2. The van der Waals surface area contributed by atoms with E-state index in [9.17, 15) is 23.5 Å². The lowest BCUT2D eigenvalue weighted by molar-refractivity contribution is 0.0125. The monoisotopic (exact) mass is 678 g/mol. The van der Waals surface area contributed by atoms with E-state index in [0.29, 0.717) is 57.3 Å². The molecule has 2 aliphatic rings. The number of carboxylic acid groups (broad SMARTS) is 1. The number of hydrogen-bond acceptors (Lipinski definition) is 5. The van der Waals surface area contributed by atoms with Crippen LogP contribution in [-0.2, 0) is 10.2 Å². The van der Waals surface area contributed by atoms with E-state index in [1.165, 1.54) is 12.3 Å². The lowest BCUT2D eigenvalue weighted by Gasteiger charge is -2.27. The highest BCUT2D eigenvalue weighted by molar-refractivity contribution is 5.83. The van der Waals surface area contributed by atoms with Gasteiger partial charge < -0.3 is 19.8 Å². The molecule has 10 nitrogen and oxygen atoms in total. The number of carbonyl (C=O) groups excluding carboxylic acids is 1. The van der Waals surface area contributed by atoms with Gasteiger partial charge >= 0.3 is 12.2 Å². The Kier molecular flexibility index (Phi) is 8.52. The highest BCUT2D eigenvalue weighted by Gasteiger charge is 2.49. The fraction of sp³-hybridized carbons (Fsp3) is 0.444. The first-order valence-corrected chi connectivity index (χ1v) is 16.3. The Morgan fingerprint density at radius 2 is 1.53 bits per heavy atom. The van der Waals surface area contributed by atoms with Crippen LogP contribution in [0.4, 0.5) is 22.8 Å². The third-order valence-corrected chi connectivity index (χ3v) is 8.96. The van der Waals surface area contributed by atoms with Gasteiger partial charge in [-0.1, -0.05) is 39.0 Å². The first-order chi connectivity index (χ1) is 22.9. The number of nitrogens with zero attached hydrogens (tertiary/aromatic N) is 4. The van der Waals surface area contributed by atoms with Gasteiger partial charge in [-0.3, -0.25) is 9.80 Å². The van der Waals surface area contributed by atoms with Crippen LogP contribution in [0.2, 0.25) is 0 Å². The molecule has 0 bridgehead atoms. The predicted octanol–water partition coefficient (Wildman–Crippen LogP) is 8.70. The maximum absolute atomic E-state index is 15.9. The van der Waals surface area contributed by atoms with Crippen LogP contribution in [0.1, 0.15) is 90.1 Å². The molecule has 6 rings (SSSR count). The summed E-state index contributed by atoms with van der Waals surface area (Å²) in [5, 5.41) is 9.57. The zero-order valence-electron chi connectivity index (χ0n) is 28.4. The summed E-state index contributed by atoms with van der Waals surface area (Å²) in [5.41, 5.74) is 3.27. The molecule has 3 N–H and O–H groups in total. The number of hydrogen-bond donors (Lipinski definition) is 3. The van der Waals surface area contributed by atoms with Crippen molar-refractivity contribution in [1.29, 1.82) is 0 Å². The summed E-state index contributed by atoms with van der Waals surface area (Å²) in [7, 11) is 0. The third-order valence-electron chi connectivity index (χ3n) is 8.96. The van der Waals surface area contributed by atoms with E-state index in [4.69, 9.17) is 4.74 Å². The van der Waals surface area contributed by atoms with E-state index in [-0.39, 0.29) is 17.3 Å². The number of nitrogens with one attached hydrogen (secondary N) is 2. The molecule has 2 aromatic carbocycles. The molecule has 13 heteroatoms. The van der Waals surface area contributed by atoms with Crippen LogP contribution >= 0.6 is 0 Å². The Bertz CT molecular complexity index is 1890. The highest BCUT2D eigenvalue weighted by atomic mass is 19.3. The lowest BCUT2D eigenvalue weighted by Crippen LogP contribution is -2.36. The number of carbonyl (C=O) groups is 2. The van der Waals surface area contributed by atoms with Crippen LogP contribution in [0.3, 0.4) is 0 Å². The average Bonchev–Trinajstić information content (AvgIpc) is 3.81. The quantitative estimate of drug-likeness (QED) is 0.194. The van der Waals surface area contributed by atoms with Crippen molar-refractivity contribution in [2.75, 3.05) is 13.1 Å². The SMILES string of the molecule is CC(C)(C)OC(=O)N1CCC[C@H]1c1ncc(-c2ccc(-c3ccc(C(C)(C)C)cc3-c3cnc([C@@H]4CC(F)(F)CN4C(=O)O)[nH]3)cc2F)[nH]1. The molecule has 4 aromatic rings. The number of aromatic nitrogens is 4. The largest absolute Gasteiger partial charge is 0.465 e. The maximum Gasteiger partial charge on any atom is 0.410 e. The van der Waals surface area contributed by atoms with Crippen molar-refractivity contribution in [3.63, 3.8) is 0 Å². The van der Waals surface area contributed by atoms with Gasteiger partial charge in [0.05, 0.1) is 42.4 Å². The zero-order chi connectivity index (χ0) is 35.5. The molecule has 260 valence electrons. The molecule has 0 spiro atoms. The molecule has 0 aliphatic carbocycles. The summed E-state index contributed by atoms with van der Waals surface area (Å²) >= 11 is 0. The minimum absolute atomic E-state index is 0.116. The number of alkyl halides is 2. The number of benzene rings is 2. The molecule has 2 amide bonds. The summed E-state index contributed by atoms with van der Waals surface area (Å²) < 4.78 is 50.0. The van der Waals surface area contributed by atoms with E-state index < -0.39 is 48.5 Å². The molecule has 0 saturated carbocycles. The highest BCUT2D eigenvalue weighted by Crippen LogP contribution is 2.42. The molecular formula is C36H41F3N6O4. The van der Waals surface area contributed by atoms with Crippen LogP contribution in [0.25, 0.3) is 33.6 Å². The molecule has 2 atom stereocenters. The Balaban J connectivity index is 1.32. The standard InChI is InChI=1S/C36H41F3N6O4/c1-34(2,3)21-10-12-22(24(15-21)27-18-41-31(43-27)29-16-36(38,39)19-45(29)32(46)47)20-9-11-23(25(37)14-20)26-17-40-30(42-26)28-8-7-13-44(28)33(48)49-35(4,5)6/h9-12,14-15,17-18,28-29H,7-8,13,16,19H2,1-6H3,(H,40,42)(H,41,43)(H,46,47)/t28-,29-/m0/s1. The Morgan fingerprint density at radius 3 is 2.14 bits per heavy atom. The molecule has 49 heavy (non-hydrogen) atoms. The maximum atomic E-state index is 15.9. The number of rotatable bonds is 5. The second kappa shape index (κ2) is 12.3. The van der Waals surface area contributed by atoms with Crippen molar-refractivity contribution in [3.8, 4) is 33.6 Å². The fourth-order valence-electron chi connectivity index (χ4n) is 6.52. The van der Waals surface area contributed by atoms with Gasteiger partial charge in [-0.15, -0.1) is 0 Å². The molecular weight excluding hydrogens is 637 g/mol. The summed E-state index contributed by atoms with van der Waals surface area (Å²) in [6.07, 6.45) is 2.01. The van der Waals surface area contributed by atoms with Crippen molar-refractivity contribution in [2.24, 2.45) is 0 Å². The van der Waals surface area contributed by atoms with Crippen LogP contribution in [0, 0.1) is 5.82 Å². The van der Waals surface area contributed by atoms with E-state index >= 15 is 4.39 Å². The van der Waals surface area contributed by atoms with E-state index in [1.807, 2.05) is 39.0 Å². The first kappa shape index (κ1) is 34.1. The van der Waals surface area contributed by atoms with Gasteiger partial charge in [0.1, 0.15) is 23.1 Å². The van der Waals surface area contributed by atoms with Crippen molar-refractivity contribution in [2.45, 2.75) is 89.8 Å². The van der Waals surface area contributed by atoms with E-state index in [0.717, 1.165) is 12.0 Å². The van der Waals surface area contributed by atoms with Gasteiger partial charge in [0.2, 0.25) is 0 Å². The van der Waals surface area contributed by atoms with Crippen molar-refractivity contribution >= 4 is 12.2 Å². The molecule has 0 unspecified atom stereocenters. The van der Waals surface area contributed by atoms with Crippen LogP contribution < -0.4 is 0 Å². The van der Waals surface area contributed by atoms with Crippen molar-refractivity contribution < 1.29 is 32.6 Å². The minimum atomic E-state index is -3.17. The summed E-state index contributed by atoms with van der Waals surface area (Å²) in [4.78, 5) is 42.1. The molecule has 2 aliphatic heterocycles. The van der Waals surface area contributed by atoms with Crippen molar-refractivity contribution in [3.05, 3.63) is 71.8 Å². The molecule has 4 heterocycles. The summed E-state index contributed by atoms with van der Waals surface area (Å²) in [6, 6.07) is 9.23. The topological polar surface area (TPSA) is 127 Å². The summed E-state index contributed by atoms with van der Waals surface area (Å²) in [5.74, 6) is -3.00. The number of H-pyrrole nitrogens is 2. The van der Waals surface area contributed by atoms with Crippen LogP contribution in [0.15, 0.2) is 48.8 Å². The number of imidazole rings is 2. The van der Waals surface area contributed by atoms with Gasteiger partial charge in [-0.25, -0.2) is 32.7 Å². The molecule has 2 aromatic heterocycles. The Labute approximate surface area is 282 Å². The normalized spacial score (nSPS) is 19.4. The van der Waals surface area contributed by atoms with E-state index in [2.05, 4.69) is 40.7 Å². The van der Waals surface area contributed by atoms with Gasteiger partial charge in [-0.2, -0.15) is 0 Å². The predicted molar refractivity (Wildman–Crippen MR) is 178 cm³/mol. The van der Waals surface area contributed by atoms with Crippen LogP contribution in [0.5, 0.6) is 0 Å². The number of likely N-dealkylation sites (tertiary alicyclic amines) is 2. The second-order valence-corrected chi connectivity index (χ2v) is 14.9. The minimum Gasteiger partial charge on any atom is -0.465 e. The number of amides is 2. The molecule has 0 radical (unpaired) electrons. The van der Waals surface area contributed by atoms with Gasteiger partial charge in [0.15, 0.2) is 0 Å². The molecule has 2 saturated heterocycles. The molecule has 2 fully saturated rings. The smallest absolute Gasteiger partial charge is 0.410 e. The first-order valence-electron chi connectivity index (χ1n) is 16.3. The lowest BCUT2D eigenvalue weighted by atomic mass is 9.84. The van der Waals surface area contributed by atoms with Gasteiger partial charge in [0.25, 0.3) is 5.92 Å². The second-order valence-electron chi connectivity index (χ2n) is 14.9. The fourth-order valence-corrected chi connectivity index (χ4v) is 6.52. The number of ether oxygens (including phenoxy) is 1. The van der Waals surface area contributed by atoms with E-state index in [1.54, 1.807) is 23.2 Å².